The molecular weight excluding hydrogens is 212 g/mol. The number of nitrogens with zero attached hydrogens (tertiary/aromatic N) is 1. The molecule has 0 heterocycles. The summed E-state index contributed by atoms with van der Waals surface area (Å²) in [5.41, 5.74) is 2.74. The molecule has 0 aliphatic heterocycles. The smallest absolute Gasteiger partial charge is 0.206 e. The van der Waals surface area contributed by atoms with Crippen LogP contribution in [0.15, 0.2) is 4.99 Å². The third-order valence-corrected chi connectivity index (χ3v) is 3.97. The van der Waals surface area contributed by atoms with Crippen molar-refractivity contribution in [2.75, 3.05) is 0 Å². The largest absolute Gasteiger partial charge is 0.353 e. The third kappa shape index (κ3) is 4.19. The fourth-order valence-corrected chi connectivity index (χ4v) is 2.95. The van der Waals surface area contributed by atoms with Crippen LogP contribution in [-0.4, -0.2) is 18.0 Å². The van der Waals surface area contributed by atoms with Crippen molar-refractivity contribution in [2.24, 2.45) is 10.8 Å². The lowest BCUT2D eigenvalue weighted by molar-refractivity contribution is 0.405. The number of hydrogen-bond acceptors (Lipinski definition) is 2. The number of guanidine groups is 1. The van der Waals surface area contributed by atoms with Crippen molar-refractivity contribution in [2.45, 2.75) is 76.3 Å². The van der Waals surface area contributed by atoms with Crippen LogP contribution in [0.2, 0.25) is 0 Å². The van der Waals surface area contributed by atoms with Crippen LogP contribution in [0.4, 0.5) is 0 Å². The Hall–Kier alpha value is -0.770. The van der Waals surface area contributed by atoms with Crippen LogP contribution >= 0.6 is 0 Å². The van der Waals surface area contributed by atoms with Crippen molar-refractivity contribution < 1.29 is 0 Å². The van der Waals surface area contributed by atoms with Crippen LogP contribution in [0, 0.1) is 0 Å². The molecule has 17 heavy (non-hydrogen) atoms. The average Bonchev–Trinajstić information content (AvgIpc) is 2.40. The normalized spacial score (nSPS) is 24.6. The Balaban J connectivity index is 1.83. The summed E-state index contributed by atoms with van der Waals surface area (Å²) < 4.78 is 0. The highest BCUT2D eigenvalue weighted by molar-refractivity contribution is 5.79. The summed E-state index contributed by atoms with van der Waals surface area (Å²) in [5, 5.41) is 3.47. The monoisotopic (exact) mass is 238 g/mol. The maximum absolute atomic E-state index is 5.56. The van der Waals surface area contributed by atoms with E-state index in [0.717, 1.165) is 5.96 Å². The molecule has 0 unspecified atom stereocenters. The summed E-state index contributed by atoms with van der Waals surface area (Å²) >= 11 is 0. The van der Waals surface area contributed by atoms with Gasteiger partial charge in [-0.1, -0.05) is 38.5 Å². The number of nitrogens with one attached hydrogen (secondary N) is 2. The Morgan fingerprint density at radius 1 is 0.882 bits per heavy atom. The van der Waals surface area contributed by atoms with E-state index in [1.165, 1.54) is 64.2 Å². The fourth-order valence-electron chi connectivity index (χ4n) is 2.95. The number of hydrogen-bond donors (Lipinski definition) is 3. The van der Waals surface area contributed by atoms with Gasteiger partial charge in [-0.05, 0) is 25.7 Å². The Morgan fingerprint density at radius 3 is 2.06 bits per heavy atom. The first-order chi connectivity index (χ1) is 8.38. The van der Waals surface area contributed by atoms with Gasteiger partial charge in [0.25, 0.3) is 0 Å². The quantitative estimate of drug-likeness (QED) is 0.299. The number of rotatable bonds is 2. The zero-order valence-electron chi connectivity index (χ0n) is 10.8. The van der Waals surface area contributed by atoms with Crippen LogP contribution in [0.3, 0.4) is 0 Å². The van der Waals surface area contributed by atoms with Gasteiger partial charge in [0.1, 0.15) is 0 Å². The Labute approximate surface area is 104 Å². The summed E-state index contributed by atoms with van der Waals surface area (Å²) in [5.74, 6) is 6.37. The molecule has 98 valence electrons. The number of nitrogens with two attached hydrogens (primary N) is 1. The van der Waals surface area contributed by atoms with Crippen LogP contribution in [0.5, 0.6) is 0 Å². The topological polar surface area (TPSA) is 62.4 Å². The van der Waals surface area contributed by atoms with Gasteiger partial charge in [0.15, 0.2) is 0 Å². The van der Waals surface area contributed by atoms with Crippen molar-refractivity contribution in [1.29, 1.82) is 0 Å². The highest BCUT2D eigenvalue weighted by Gasteiger charge is 2.16. The lowest BCUT2D eigenvalue weighted by atomic mass is 9.95. The second kappa shape index (κ2) is 6.84. The molecule has 0 radical (unpaired) electrons. The summed E-state index contributed by atoms with van der Waals surface area (Å²) in [6.45, 7) is 0. The molecule has 2 fully saturated rings. The molecule has 2 aliphatic rings. The first-order valence-electron chi connectivity index (χ1n) is 7.19. The molecule has 2 aliphatic carbocycles. The first-order valence-corrected chi connectivity index (χ1v) is 7.19. The molecule has 4 heteroatoms. The van der Waals surface area contributed by atoms with Gasteiger partial charge in [-0.15, -0.1) is 0 Å². The summed E-state index contributed by atoms with van der Waals surface area (Å²) in [6.07, 6.45) is 13.0. The zero-order valence-corrected chi connectivity index (χ0v) is 10.8. The van der Waals surface area contributed by atoms with Crippen LogP contribution < -0.4 is 16.6 Å². The van der Waals surface area contributed by atoms with Gasteiger partial charge < -0.3 is 5.32 Å². The molecule has 0 bridgehead atoms. The molecule has 0 spiro atoms. The Bertz CT molecular complexity index is 240. The van der Waals surface area contributed by atoms with E-state index in [-0.39, 0.29) is 0 Å². The molecule has 0 aromatic rings. The summed E-state index contributed by atoms with van der Waals surface area (Å²) in [4.78, 5) is 4.72. The lowest BCUT2D eigenvalue weighted by Gasteiger charge is -2.25. The zero-order chi connectivity index (χ0) is 11.9. The van der Waals surface area contributed by atoms with Gasteiger partial charge >= 0.3 is 0 Å². The molecule has 0 saturated heterocycles. The number of hydrazine groups is 1. The van der Waals surface area contributed by atoms with Crippen molar-refractivity contribution in [3.05, 3.63) is 0 Å². The lowest BCUT2D eigenvalue weighted by Crippen LogP contribution is -2.47. The standard InChI is InChI=1S/C13H26N4/c14-17-13(15-11-7-3-1-4-8-11)16-12-9-5-2-6-10-12/h11-12H,1-10,14H2,(H2,15,16,17). The van der Waals surface area contributed by atoms with Crippen molar-refractivity contribution in [3.8, 4) is 0 Å². The predicted octanol–water partition coefficient (Wildman–Crippen LogP) is 2.06. The van der Waals surface area contributed by atoms with Gasteiger partial charge in [0.05, 0.1) is 6.04 Å². The van der Waals surface area contributed by atoms with E-state index in [1.54, 1.807) is 0 Å². The van der Waals surface area contributed by atoms with Gasteiger partial charge in [0, 0.05) is 6.04 Å². The van der Waals surface area contributed by atoms with Gasteiger partial charge in [-0.3, -0.25) is 5.43 Å². The van der Waals surface area contributed by atoms with E-state index < -0.39 is 0 Å². The molecule has 0 aromatic carbocycles. The highest BCUT2D eigenvalue weighted by Crippen LogP contribution is 2.20. The van der Waals surface area contributed by atoms with Gasteiger partial charge in [0.2, 0.25) is 5.96 Å². The second-order valence-corrected chi connectivity index (χ2v) is 5.39. The minimum atomic E-state index is 0.478. The molecule has 4 nitrogen and oxygen atoms in total. The van der Waals surface area contributed by atoms with E-state index >= 15 is 0 Å². The highest BCUT2D eigenvalue weighted by atomic mass is 15.3. The van der Waals surface area contributed by atoms with E-state index in [1.807, 2.05) is 0 Å². The summed E-state index contributed by atoms with van der Waals surface area (Å²) in [7, 11) is 0. The Kier molecular flexibility index (Phi) is 5.10. The molecule has 0 atom stereocenters. The molecular formula is C13H26N4. The maximum Gasteiger partial charge on any atom is 0.206 e. The van der Waals surface area contributed by atoms with Crippen LogP contribution in [0.25, 0.3) is 0 Å². The second-order valence-electron chi connectivity index (χ2n) is 5.39. The van der Waals surface area contributed by atoms with E-state index in [9.17, 15) is 0 Å². The van der Waals surface area contributed by atoms with Crippen LogP contribution in [-0.2, 0) is 0 Å². The van der Waals surface area contributed by atoms with Crippen molar-refractivity contribution in [1.82, 2.24) is 10.7 Å². The van der Waals surface area contributed by atoms with Gasteiger partial charge in [-0.25, -0.2) is 10.8 Å². The van der Waals surface area contributed by atoms with Crippen molar-refractivity contribution >= 4 is 5.96 Å². The first kappa shape index (κ1) is 12.7. The minimum Gasteiger partial charge on any atom is -0.353 e. The predicted molar refractivity (Wildman–Crippen MR) is 71.6 cm³/mol. The molecule has 0 aromatic heterocycles. The van der Waals surface area contributed by atoms with Crippen LogP contribution in [0.1, 0.15) is 64.2 Å². The van der Waals surface area contributed by atoms with Gasteiger partial charge in [-0.2, -0.15) is 0 Å². The third-order valence-electron chi connectivity index (χ3n) is 3.97. The Morgan fingerprint density at radius 2 is 1.47 bits per heavy atom. The van der Waals surface area contributed by atoms with E-state index in [0.29, 0.717) is 12.1 Å². The summed E-state index contributed by atoms with van der Waals surface area (Å²) in [6, 6.07) is 1.05. The van der Waals surface area contributed by atoms with E-state index in [2.05, 4.69) is 10.7 Å². The molecule has 0 amide bonds. The number of aliphatic imine (C=N–C) groups is 1. The average molecular weight is 238 g/mol. The molecule has 2 saturated carbocycles. The molecule has 2 rings (SSSR count). The van der Waals surface area contributed by atoms with Crippen molar-refractivity contribution in [3.63, 3.8) is 0 Å². The minimum absolute atomic E-state index is 0.478. The SMILES string of the molecule is NNC(=NC1CCCCC1)NC1CCCCC1. The molecule has 4 N–H and O–H groups in total. The fraction of sp³-hybridized carbons (Fsp3) is 0.923. The van der Waals surface area contributed by atoms with E-state index in [4.69, 9.17) is 10.8 Å². The maximum atomic E-state index is 5.56.